The molecule has 1 aliphatic carbocycles. The molecule has 1 saturated carbocycles. The lowest BCUT2D eigenvalue weighted by atomic mass is 9.84. The molecule has 0 bridgehead atoms. The average molecular weight is 337 g/mol. The zero-order chi connectivity index (χ0) is 16.9. The van der Waals surface area contributed by atoms with E-state index in [4.69, 9.17) is 19.0 Å². The Bertz CT molecular complexity index is 504. The number of oxime groups is 1. The summed E-state index contributed by atoms with van der Waals surface area (Å²) in [6.07, 6.45) is 9.23. The van der Waals surface area contributed by atoms with Crippen molar-refractivity contribution in [2.75, 3.05) is 20.5 Å². The molecule has 2 aliphatic heterocycles. The second-order valence-electron chi connectivity index (χ2n) is 6.91. The smallest absolute Gasteiger partial charge is 0.318 e. The van der Waals surface area contributed by atoms with Gasteiger partial charge in [0.25, 0.3) is 0 Å². The first-order valence-corrected chi connectivity index (χ1v) is 8.86. The second-order valence-corrected chi connectivity index (χ2v) is 6.91. The van der Waals surface area contributed by atoms with Crippen LogP contribution in [0.5, 0.6) is 0 Å². The third-order valence-corrected chi connectivity index (χ3v) is 5.10. The molecule has 0 radical (unpaired) electrons. The summed E-state index contributed by atoms with van der Waals surface area (Å²) in [5, 5.41) is 4.21. The molecule has 24 heavy (non-hydrogen) atoms. The average Bonchev–Trinajstić information content (AvgIpc) is 3.18. The van der Waals surface area contributed by atoms with Gasteiger partial charge in [0.15, 0.2) is 0 Å². The lowest BCUT2D eigenvalue weighted by molar-refractivity contribution is -0.152. The van der Waals surface area contributed by atoms with Crippen molar-refractivity contribution >= 4 is 11.7 Å². The van der Waals surface area contributed by atoms with E-state index in [9.17, 15) is 4.79 Å². The van der Waals surface area contributed by atoms with E-state index in [2.05, 4.69) is 17.3 Å². The highest BCUT2D eigenvalue weighted by Crippen LogP contribution is 2.39. The van der Waals surface area contributed by atoms with Gasteiger partial charge in [-0.1, -0.05) is 17.3 Å². The Balaban J connectivity index is 1.79. The lowest BCUT2D eigenvalue weighted by Crippen LogP contribution is -2.34. The summed E-state index contributed by atoms with van der Waals surface area (Å²) < 4.78 is 16.4. The van der Waals surface area contributed by atoms with Crippen LogP contribution in [-0.2, 0) is 23.8 Å². The van der Waals surface area contributed by atoms with E-state index in [1.54, 1.807) is 7.11 Å². The molecular weight excluding hydrogens is 310 g/mol. The zero-order valence-corrected chi connectivity index (χ0v) is 14.5. The third kappa shape index (κ3) is 3.98. The van der Waals surface area contributed by atoms with Crippen molar-refractivity contribution in [3.63, 3.8) is 0 Å². The van der Waals surface area contributed by atoms with Crippen molar-refractivity contribution in [1.29, 1.82) is 0 Å². The number of esters is 1. The summed E-state index contributed by atoms with van der Waals surface area (Å²) in [6.45, 7) is 2.53. The number of nitrogens with zero attached hydrogens (tertiary/aromatic N) is 1. The maximum atomic E-state index is 12.5. The molecule has 2 heterocycles. The first kappa shape index (κ1) is 17.4. The van der Waals surface area contributed by atoms with Crippen LogP contribution in [0.4, 0.5) is 0 Å². The Labute approximate surface area is 143 Å². The molecule has 3 aliphatic rings. The first-order valence-electron chi connectivity index (χ1n) is 8.86. The van der Waals surface area contributed by atoms with E-state index in [0.29, 0.717) is 12.7 Å². The first-order chi connectivity index (χ1) is 11.7. The topological polar surface area (TPSA) is 66.4 Å². The molecule has 6 heteroatoms. The van der Waals surface area contributed by atoms with Crippen molar-refractivity contribution in [2.24, 2.45) is 22.9 Å². The van der Waals surface area contributed by atoms with E-state index < -0.39 is 0 Å². The molecule has 0 amide bonds. The number of cyclic esters (lactones) is 1. The molecule has 0 unspecified atom stereocenters. The minimum atomic E-state index is -0.381. The van der Waals surface area contributed by atoms with Gasteiger partial charge in [0, 0.05) is 13.0 Å². The third-order valence-electron chi connectivity index (χ3n) is 5.10. The Morgan fingerprint density at radius 1 is 1.38 bits per heavy atom. The van der Waals surface area contributed by atoms with Gasteiger partial charge in [0.1, 0.15) is 19.3 Å². The monoisotopic (exact) mass is 337 g/mol. The van der Waals surface area contributed by atoms with Crippen LogP contribution in [0.3, 0.4) is 0 Å². The molecule has 5 atom stereocenters. The van der Waals surface area contributed by atoms with Crippen LogP contribution >= 0.6 is 0 Å². The number of methoxy groups -OCH3 is 1. The van der Waals surface area contributed by atoms with Gasteiger partial charge < -0.3 is 19.0 Å². The summed E-state index contributed by atoms with van der Waals surface area (Å²) in [4.78, 5) is 17.8. The van der Waals surface area contributed by atoms with E-state index in [0.717, 1.165) is 37.8 Å². The minimum Gasteiger partial charge on any atom is -0.462 e. The number of carbonyl (C=O) groups excluding carboxylic acids is 1. The highest BCUT2D eigenvalue weighted by Gasteiger charge is 2.44. The second kappa shape index (κ2) is 8.12. The maximum Gasteiger partial charge on any atom is 0.318 e. The minimum absolute atomic E-state index is 0.0654. The number of rotatable bonds is 3. The Kier molecular flexibility index (Phi) is 5.89. The van der Waals surface area contributed by atoms with Gasteiger partial charge in [-0.25, -0.2) is 0 Å². The molecule has 0 N–H and O–H groups in total. The largest absolute Gasteiger partial charge is 0.462 e. The van der Waals surface area contributed by atoms with Crippen molar-refractivity contribution < 1.29 is 23.8 Å². The van der Waals surface area contributed by atoms with E-state index in [1.807, 2.05) is 6.92 Å². The van der Waals surface area contributed by atoms with Gasteiger partial charge in [-0.3, -0.25) is 4.79 Å². The molecule has 3 rings (SSSR count). The summed E-state index contributed by atoms with van der Waals surface area (Å²) in [7, 11) is 1.63. The maximum absolute atomic E-state index is 12.5. The fourth-order valence-corrected chi connectivity index (χ4v) is 3.86. The van der Waals surface area contributed by atoms with Crippen LogP contribution in [0.2, 0.25) is 0 Å². The lowest BCUT2D eigenvalue weighted by Gasteiger charge is -2.21. The number of ether oxygens (including phenoxy) is 3. The van der Waals surface area contributed by atoms with Crippen LogP contribution in [0.1, 0.15) is 39.0 Å². The van der Waals surface area contributed by atoms with Crippen molar-refractivity contribution in [2.45, 2.75) is 51.2 Å². The molecule has 0 saturated heterocycles. The Hall–Kier alpha value is -1.40. The number of allylic oxidation sites excluding steroid dienone is 2. The predicted octanol–water partition coefficient (Wildman–Crippen LogP) is 2.68. The molecule has 6 nitrogen and oxygen atoms in total. The van der Waals surface area contributed by atoms with Crippen LogP contribution in [0.25, 0.3) is 0 Å². The molecule has 0 aromatic rings. The van der Waals surface area contributed by atoms with E-state index in [-0.39, 0.29) is 36.6 Å². The van der Waals surface area contributed by atoms with Gasteiger partial charge >= 0.3 is 5.97 Å². The van der Waals surface area contributed by atoms with Crippen molar-refractivity contribution in [3.05, 3.63) is 12.2 Å². The van der Waals surface area contributed by atoms with E-state index >= 15 is 0 Å². The number of hydrogen-bond donors (Lipinski definition) is 0. The molecule has 1 fully saturated rings. The fourth-order valence-electron chi connectivity index (χ4n) is 3.86. The fraction of sp³-hybridized carbons (Fsp3) is 0.778. The van der Waals surface area contributed by atoms with Crippen LogP contribution in [0.15, 0.2) is 17.3 Å². The van der Waals surface area contributed by atoms with Gasteiger partial charge in [0.05, 0.1) is 17.9 Å². The van der Waals surface area contributed by atoms with Gasteiger partial charge in [-0.2, -0.15) is 0 Å². The highest BCUT2D eigenvalue weighted by molar-refractivity contribution is 6.04. The van der Waals surface area contributed by atoms with Gasteiger partial charge in [-0.05, 0) is 44.9 Å². The van der Waals surface area contributed by atoms with Gasteiger partial charge in [-0.15, -0.1) is 0 Å². The van der Waals surface area contributed by atoms with Crippen LogP contribution in [0, 0.1) is 17.8 Å². The molecular formula is C18H27NO5. The standard InChI is InChI=1S/C18H27NO5/c1-12-6-4-3-5-7-13-8-14(22-11-21-2)9-15(13)17-16(10-23-19-17)18(20)24-12/h5,7,12-16H,3-4,6,8-11H2,1-2H3/b7-5-/t12-,13-,14+,15-,16+/m1/s1. The van der Waals surface area contributed by atoms with Crippen molar-refractivity contribution in [3.8, 4) is 0 Å². The highest BCUT2D eigenvalue weighted by atomic mass is 16.7. The summed E-state index contributed by atoms with van der Waals surface area (Å²) in [5.74, 6) is -0.102. The zero-order valence-electron chi connectivity index (χ0n) is 14.5. The van der Waals surface area contributed by atoms with Crippen molar-refractivity contribution in [1.82, 2.24) is 0 Å². The number of carbonyl (C=O) groups is 1. The quantitative estimate of drug-likeness (QED) is 0.450. The molecule has 0 aromatic heterocycles. The summed E-state index contributed by atoms with van der Waals surface area (Å²) in [5.41, 5.74) is 0.825. The normalized spacial score (nSPS) is 38.0. The Morgan fingerprint density at radius 2 is 2.25 bits per heavy atom. The summed E-state index contributed by atoms with van der Waals surface area (Å²) in [6, 6.07) is 0. The summed E-state index contributed by atoms with van der Waals surface area (Å²) >= 11 is 0. The molecule has 0 aromatic carbocycles. The van der Waals surface area contributed by atoms with Crippen LogP contribution < -0.4 is 0 Å². The number of fused-ring (bicyclic) bond motifs is 3. The van der Waals surface area contributed by atoms with E-state index in [1.165, 1.54) is 0 Å². The SMILES string of the molecule is COCO[C@H]1C[C@H]2/C=C\CCC[C@@H](C)OC(=O)[C@H]3CON=C3[C@@H]2C1. The number of hydrogen-bond acceptors (Lipinski definition) is 6. The Morgan fingerprint density at radius 3 is 3.08 bits per heavy atom. The van der Waals surface area contributed by atoms with Crippen LogP contribution in [-0.4, -0.2) is 44.4 Å². The molecule has 134 valence electrons. The molecule has 0 spiro atoms. The predicted molar refractivity (Wildman–Crippen MR) is 88.4 cm³/mol. The van der Waals surface area contributed by atoms with Gasteiger partial charge in [0.2, 0.25) is 0 Å².